The number of nitrogens with zero attached hydrogens (tertiary/aromatic N) is 1. The van der Waals surface area contributed by atoms with E-state index in [1.807, 2.05) is 13.8 Å². The highest BCUT2D eigenvalue weighted by molar-refractivity contribution is 9.10. The van der Waals surface area contributed by atoms with Crippen molar-refractivity contribution in [3.05, 3.63) is 40.1 Å². The van der Waals surface area contributed by atoms with Crippen molar-refractivity contribution in [2.75, 3.05) is 13.6 Å². The number of rotatable bonds is 5. The summed E-state index contributed by atoms with van der Waals surface area (Å²) >= 11 is 3.24. The van der Waals surface area contributed by atoms with Crippen LogP contribution in [0.3, 0.4) is 0 Å². The number of hydrogen-bond donors (Lipinski definition) is 1. The van der Waals surface area contributed by atoms with Gasteiger partial charge in [0, 0.05) is 29.2 Å². The maximum atomic E-state index is 13.5. The topological polar surface area (TPSA) is 49.4 Å². The number of amides is 2. The van der Waals surface area contributed by atoms with Gasteiger partial charge >= 0.3 is 0 Å². The minimum Gasteiger partial charge on any atom is -0.352 e. The molecule has 4 nitrogen and oxygen atoms in total. The predicted octanol–water partition coefficient (Wildman–Crippen LogP) is 2.58. The lowest BCUT2D eigenvalue weighted by Gasteiger charge is -2.16. The highest BCUT2D eigenvalue weighted by atomic mass is 79.9. The molecule has 114 valence electrons. The molecule has 1 aromatic carbocycles. The van der Waals surface area contributed by atoms with Crippen molar-refractivity contribution >= 4 is 33.8 Å². The molecule has 0 heterocycles. The third-order valence-electron chi connectivity index (χ3n) is 2.57. The normalized spacial score (nSPS) is 11.0. The summed E-state index contributed by atoms with van der Waals surface area (Å²) in [7, 11) is 1.52. The highest BCUT2D eigenvalue weighted by Gasteiger charge is 2.11. The molecule has 1 rings (SSSR count). The second-order valence-corrected chi connectivity index (χ2v) is 5.83. The summed E-state index contributed by atoms with van der Waals surface area (Å²) in [4.78, 5) is 24.7. The zero-order chi connectivity index (χ0) is 16.0. The van der Waals surface area contributed by atoms with Gasteiger partial charge in [-0.1, -0.05) is 15.9 Å². The molecule has 6 heteroatoms. The molecule has 0 aliphatic heterocycles. The maximum Gasteiger partial charge on any atom is 0.246 e. The number of likely N-dealkylation sites (N-methyl/N-ethyl adjacent to an activating group) is 1. The Balaban J connectivity index is 2.65. The Kier molecular flexibility index (Phi) is 6.55. The molecule has 0 atom stereocenters. The average molecular weight is 357 g/mol. The van der Waals surface area contributed by atoms with Crippen LogP contribution in [0.1, 0.15) is 19.4 Å². The van der Waals surface area contributed by atoms with Gasteiger partial charge in [-0.2, -0.15) is 0 Å². The van der Waals surface area contributed by atoms with Crippen molar-refractivity contribution in [1.82, 2.24) is 10.2 Å². The van der Waals surface area contributed by atoms with Gasteiger partial charge in [0.15, 0.2) is 0 Å². The van der Waals surface area contributed by atoms with Crippen molar-refractivity contribution in [1.29, 1.82) is 0 Å². The van der Waals surface area contributed by atoms with Gasteiger partial charge in [-0.05, 0) is 38.1 Å². The van der Waals surface area contributed by atoms with Crippen molar-refractivity contribution in [3.63, 3.8) is 0 Å². The molecule has 21 heavy (non-hydrogen) atoms. The van der Waals surface area contributed by atoms with Crippen LogP contribution in [0.4, 0.5) is 4.39 Å². The van der Waals surface area contributed by atoms with E-state index in [1.165, 1.54) is 30.2 Å². The summed E-state index contributed by atoms with van der Waals surface area (Å²) in [5.41, 5.74) is 0.303. The summed E-state index contributed by atoms with van der Waals surface area (Å²) in [6, 6.07) is 4.49. The third-order valence-corrected chi connectivity index (χ3v) is 3.06. The van der Waals surface area contributed by atoms with E-state index >= 15 is 0 Å². The molecule has 0 aromatic heterocycles. The van der Waals surface area contributed by atoms with Crippen molar-refractivity contribution in [2.45, 2.75) is 19.9 Å². The molecule has 0 saturated carbocycles. The third kappa shape index (κ3) is 6.08. The Morgan fingerprint density at radius 3 is 2.71 bits per heavy atom. The minimum atomic E-state index is -0.414. The predicted molar refractivity (Wildman–Crippen MR) is 84.0 cm³/mol. The van der Waals surface area contributed by atoms with Gasteiger partial charge in [0.1, 0.15) is 5.82 Å². The number of carbonyl (C=O) groups is 2. The van der Waals surface area contributed by atoms with E-state index in [4.69, 9.17) is 0 Å². The first-order chi connectivity index (χ1) is 9.79. The summed E-state index contributed by atoms with van der Waals surface area (Å²) in [6.45, 7) is 3.65. The first kappa shape index (κ1) is 17.4. The van der Waals surface area contributed by atoms with Crippen LogP contribution in [-0.4, -0.2) is 36.3 Å². The fourth-order valence-corrected chi connectivity index (χ4v) is 1.97. The molecular weight excluding hydrogens is 339 g/mol. The van der Waals surface area contributed by atoms with Gasteiger partial charge < -0.3 is 10.2 Å². The lowest BCUT2D eigenvalue weighted by molar-refractivity contribution is -0.131. The number of hydrogen-bond acceptors (Lipinski definition) is 2. The van der Waals surface area contributed by atoms with Crippen molar-refractivity contribution < 1.29 is 14.0 Å². The van der Waals surface area contributed by atoms with E-state index < -0.39 is 5.82 Å². The van der Waals surface area contributed by atoms with E-state index in [2.05, 4.69) is 21.2 Å². The van der Waals surface area contributed by atoms with Crippen LogP contribution in [0.15, 0.2) is 28.7 Å². The molecule has 0 radical (unpaired) electrons. The minimum absolute atomic E-state index is 0.0207. The number of carbonyl (C=O) groups excluding carboxylic acids is 2. The summed E-state index contributed by atoms with van der Waals surface area (Å²) < 4.78 is 14.2. The monoisotopic (exact) mass is 356 g/mol. The van der Waals surface area contributed by atoms with Gasteiger partial charge in [-0.15, -0.1) is 0 Å². The molecule has 0 unspecified atom stereocenters. The quantitative estimate of drug-likeness (QED) is 0.824. The van der Waals surface area contributed by atoms with Crippen LogP contribution in [0.5, 0.6) is 0 Å². The zero-order valence-corrected chi connectivity index (χ0v) is 13.8. The molecular formula is C15H18BrFN2O2. The van der Waals surface area contributed by atoms with E-state index in [1.54, 1.807) is 12.1 Å². The Hall–Kier alpha value is -1.69. The van der Waals surface area contributed by atoms with Crippen LogP contribution >= 0.6 is 15.9 Å². The Morgan fingerprint density at radius 2 is 2.10 bits per heavy atom. The van der Waals surface area contributed by atoms with Crippen LogP contribution in [0.2, 0.25) is 0 Å². The Bertz CT molecular complexity index is 559. The fraction of sp³-hybridized carbons (Fsp3) is 0.333. The first-order valence-electron chi connectivity index (χ1n) is 6.47. The SMILES string of the molecule is CC(C)NC(=O)CN(C)C(=O)/C=C/c1cc(Br)ccc1F. The summed E-state index contributed by atoms with van der Waals surface area (Å²) in [6.07, 6.45) is 2.63. The van der Waals surface area contributed by atoms with Gasteiger partial charge in [-0.3, -0.25) is 9.59 Å². The molecule has 0 saturated heterocycles. The molecule has 1 aromatic rings. The van der Waals surface area contributed by atoms with E-state index in [0.717, 1.165) is 4.47 Å². The smallest absolute Gasteiger partial charge is 0.246 e. The van der Waals surface area contributed by atoms with Crippen LogP contribution in [0.25, 0.3) is 6.08 Å². The molecule has 1 N–H and O–H groups in total. The largest absolute Gasteiger partial charge is 0.352 e. The highest BCUT2D eigenvalue weighted by Crippen LogP contribution is 2.16. The summed E-state index contributed by atoms with van der Waals surface area (Å²) in [5, 5.41) is 2.70. The number of halogens is 2. The molecule has 0 bridgehead atoms. The van der Waals surface area contributed by atoms with E-state index in [9.17, 15) is 14.0 Å². The maximum absolute atomic E-state index is 13.5. The van der Waals surface area contributed by atoms with Crippen LogP contribution < -0.4 is 5.32 Å². The lowest BCUT2D eigenvalue weighted by atomic mass is 10.2. The lowest BCUT2D eigenvalue weighted by Crippen LogP contribution is -2.40. The fourth-order valence-electron chi connectivity index (χ4n) is 1.59. The standard InChI is InChI=1S/C15H18BrFN2O2/c1-10(2)18-14(20)9-19(3)15(21)7-4-11-8-12(16)5-6-13(11)17/h4-8,10H,9H2,1-3H3,(H,18,20)/b7-4+. The van der Waals surface area contributed by atoms with E-state index in [-0.39, 0.29) is 24.4 Å². The van der Waals surface area contributed by atoms with Gasteiger partial charge in [0.05, 0.1) is 6.54 Å². The van der Waals surface area contributed by atoms with Crippen molar-refractivity contribution in [2.24, 2.45) is 0 Å². The second kappa shape index (κ2) is 7.93. The Morgan fingerprint density at radius 1 is 1.43 bits per heavy atom. The van der Waals surface area contributed by atoms with Crippen LogP contribution in [-0.2, 0) is 9.59 Å². The van der Waals surface area contributed by atoms with Gasteiger partial charge in [0.25, 0.3) is 0 Å². The van der Waals surface area contributed by atoms with Gasteiger partial charge in [0.2, 0.25) is 11.8 Å². The average Bonchev–Trinajstić information content (AvgIpc) is 2.38. The van der Waals surface area contributed by atoms with Crippen LogP contribution in [0, 0.1) is 5.82 Å². The molecule has 0 aliphatic rings. The molecule has 2 amide bonds. The molecule has 0 fully saturated rings. The number of nitrogens with one attached hydrogen (secondary N) is 1. The van der Waals surface area contributed by atoms with Gasteiger partial charge in [-0.25, -0.2) is 4.39 Å². The first-order valence-corrected chi connectivity index (χ1v) is 7.26. The Labute approximate surface area is 132 Å². The second-order valence-electron chi connectivity index (χ2n) is 4.92. The van der Waals surface area contributed by atoms with Crippen molar-refractivity contribution in [3.8, 4) is 0 Å². The zero-order valence-electron chi connectivity index (χ0n) is 12.2. The molecule has 0 spiro atoms. The summed E-state index contributed by atoms with van der Waals surface area (Å²) in [5.74, 6) is -1.02. The molecule has 0 aliphatic carbocycles. The van der Waals surface area contributed by atoms with E-state index in [0.29, 0.717) is 5.56 Å². The number of benzene rings is 1.